The van der Waals surface area contributed by atoms with E-state index in [-0.39, 0.29) is 30.1 Å². The minimum atomic E-state index is -1.65. The molecule has 0 spiro atoms. The van der Waals surface area contributed by atoms with Crippen molar-refractivity contribution in [3.8, 4) is 0 Å². The van der Waals surface area contributed by atoms with Gasteiger partial charge in [0.05, 0.1) is 13.0 Å². The monoisotopic (exact) mass is 219 g/mol. The summed E-state index contributed by atoms with van der Waals surface area (Å²) in [6, 6.07) is 6.42. The molecular formula is C10H10BNO4. The van der Waals surface area contributed by atoms with Gasteiger partial charge in [-0.15, -0.1) is 0 Å². The molecule has 1 aliphatic rings. The van der Waals surface area contributed by atoms with Gasteiger partial charge in [0.15, 0.2) is 5.78 Å². The topological polar surface area (TPSA) is 77.8 Å². The summed E-state index contributed by atoms with van der Waals surface area (Å²) in [7, 11) is -1.65. The maximum Gasteiger partial charge on any atom is 0.490 e. The molecule has 1 aromatic carbocycles. The molecule has 0 saturated carbocycles. The number of rotatable bonds is 2. The number of para-hydroxylation sites is 1. The van der Waals surface area contributed by atoms with E-state index >= 15 is 0 Å². The van der Waals surface area contributed by atoms with E-state index in [2.05, 4.69) is 0 Å². The van der Waals surface area contributed by atoms with E-state index in [9.17, 15) is 9.59 Å². The standard InChI is InChI=1S/C10H10BNO4/c13-7-5-10(14)12(6-7)9-4-2-1-3-8(9)11(15)16/h1-4,15-16H,5-6H2. The lowest BCUT2D eigenvalue weighted by Crippen LogP contribution is -2.37. The molecule has 6 heteroatoms. The highest BCUT2D eigenvalue weighted by molar-refractivity contribution is 6.60. The summed E-state index contributed by atoms with van der Waals surface area (Å²) >= 11 is 0. The molecule has 0 aromatic heterocycles. The van der Waals surface area contributed by atoms with Crippen molar-refractivity contribution in [3.63, 3.8) is 0 Å². The fraction of sp³-hybridized carbons (Fsp3) is 0.200. The van der Waals surface area contributed by atoms with Gasteiger partial charge in [0.1, 0.15) is 0 Å². The normalized spacial score (nSPS) is 15.8. The van der Waals surface area contributed by atoms with Crippen LogP contribution in [0.25, 0.3) is 0 Å². The molecule has 1 amide bonds. The second-order valence-electron chi connectivity index (χ2n) is 3.63. The second-order valence-corrected chi connectivity index (χ2v) is 3.63. The number of anilines is 1. The Labute approximate surface area is 92.4 Å². The van der Waals surface area contributed by atoms with E-state index in [1.54, 1.807) is 18.2 Å². The first kappa shape index (κ1) is 10.8. The van der Waals surface area contributed by atoms with Gasteiger partial charge in [0, 0.05) is 11.2 Å². The van der Waals surface area contributed by atoms with Crippen LogP contribution in [-0.2, 0) is 9.59 Å². The Morgan fingerprint density at radius 2 is 1.88 bits per heavy atom. The third-order valence-electron chi connectivity index (χ3n) is 2.49. The van der Waals surface area contributed by atoms with Crippen molar-refractivity contribution in [1.82, 2.24) is 0 Å². The number of Topliss-reactive ketones (excluding diaryl/α,β-unsaturated/α-hetero) is 1. The Balaban J connectivity index is 2.40. The highest BCUT2D eigenvalue weighted by Crippen LogP contribution is 2.17. The molecule has 1 aromatic rings. The first-order valence-electron chi connectivity index (χ1n) is 4.86. The molecule has 2 rings (SSSR count). The van der Waals surface area contributed by atoms with Crippen molar-refractivity contribution < 1.29 is 19.6 Å². The Morgan fingerprint density at radius 1 is 1.19 bits per heavy atom. The van der Waals surface area contributed by atoms with Crippen LogP contribution in [0.1, 0.15) is 6.42 Å². The Bertz CT molecular complexity index is 446. The molecule has 2 N–H and O–H groups in total. The van der Waals surface area contributed by atoms with E-state index in [0.717, 1.165) is 0 Å². The van der Waals surface area contributed by atoms with Crippen molar-refractivity contribution in [1.29, 1.82) is 0 Å². The van der Waals surface area contributed by atoms with Crippen LogP contribution in [0.4, 0.5) is 5.69 Å². The molecule has 1 fully saturated rings. The first-order chi connectivity index (χ1) is 7.59. The summed E-state index contributed by atoms with van der Waals surface area (Å²) in [6.45, 7) is 0.00255. The van der Waals surface area contributed by atoms with Gasteiger partial charge in [-0.3, -0.25) is 9.59 Å². The fourth-order valence-electron chi connectivity index (χ4n) is 1.76. The summed E-state index contributed by atoms with van der Waals surface area (Å²) in [5.41, 5.74) is 0.610. The van der Waals surface area contributed by atoms with Gasteiger partial charge in [0.2, 0.25) is 5.91 Å². The molecule has 1 saturated heterocycles. The number of ketones is 1. The van der Waals surface area contributed by atoms with Gasteiger partial charge in [-0.25, -0.2) is 0 Å². The quantitative estimate of drug-likeness (QED) is 0.477. The molecule has 0 aliphatic carbocycles. The zero-order valence-corrected chi connectivity index (χ0v) is 8.46. The van der Waals surface area contributed by atoms with Crippen LogP contribution in [0.2, 0.25) is 0 Å². The smallest absolute Gasteiger partial charge is 0.423 e. The number of carbonyl (C=O) groups excluding carboxylic acids is 2. The number of hydrogen-bond acceptors (Lipinski definition) is 4. The van der Waals surface area contributed by atoms with Crippen LogP contribution < -0.4 is 10.4 Å². The number of hydrogen-bond donors (Lipinski definition) is 2. The van der Waals surface area contributed by atoms with Crippen molar-refractivity contribution in [2.75, 3.05) is 11.4 Å². The summed E-state index contributed by atoms with van der Waals surface area (Å²) < 4.78 is 0. The highest BCUT2D eigenvalue weighted by atomic mass is 16.4. The van der Waals surface area contributed by atoms with E-state index in [0.29, 0.717) is 5.69 Å². The number of amides is 1. The van der Waals surface area contributed by atoms with Gasteiger partial charge in [-0.2, -0.15) is 0 Å². The van der Waals surface area contributed by atoms with Crippen LogP contribution in [0, 0.1) is 0 Å². The van der Waals surface area contributed by atoms with Gasteiger partial charge in [-0.1, -0.05) is 18.2 Å². The molecule has 0 atom stereocenters. The third-order valence-corrected chi connectivity index (χ3v) is 2.49. The zero-order chi connectivity index (χ0) is 11.7. The van der Waals surface area contributed by atoms with Crippen molar-refractivity contribution in [2.24, 2.45) is 0 Å². The minimum absolute atomic E-state index is 0.00255. The lowest BCUT2D eigenvalue weighted by Gasteiger charge is -2.18. The average molecular weight is 219 g/mol. The summed E-state index contributed by atoms with van der Waals surface area (Å²) in [4.78, 5) is 23.9. The summed E-state index contributed by atoms with van der Waals surface area (Å²) in [6.07, 6.45) is -0.115. The maximum atomic E-state index is 11.5. The molecule has 82 valence electrons. The van der Waals surface area contributed by atoms with Crippen LogP contribution in [0.3, 0.4) is 0 Å². The predicted molar refractivity (Wildman–Crippen MR) is 58.2 cm³/mol. The molecule has 0 bridgehead atoms. The van der Waals surface area contributed by atoms with E-state index in [4.69, 9.17) is 10.0 Å². The third kappa shape index (κ3) is 1.85. The molecule has 0 unspecified atom stereocenters. The lowest BCUT2D eigenvalue weighted by atomic mass is 9.79. The van der Waals surface area contributed by atoms with Crippen LogP contribution in [-0.4, -0.2) is 35.4 Å². The van der Waals surface area contributed by atoms with Crippen LogP contribution >= 0.6 is 0 Å². The van der Waals surface area contributed by atoms with Crippen LogP contribution in [0.5, 0.6) is 0 Å². The molecule has 1 heterocycles. The molecule has 16 heavy (non-hydrogen) atoms. The van der Waals surface area contributed by atoms with E-state index < -0.39 is 7.12 Å². The van der Waals surface area contributed by atoms with Crippen molar-refractivity contribution >= 4 is 30.0 Å². The second kappa shape index (κ2) is 4.07. The number of nitrogens with zero attached hydrogens (tertiary/aromatic N) is 1. The number of carbonyl (C=O) groups is 2. The zero-order valence-electron chi connectivity index (χ0n) is 8.46. The van der Waals surface area contributed by atoms with Crippen LogP contribution in [0.15, 0.2) is 24.3 Å². The molecule has 0 radical (unpaired) electrons. The van der Waals surface area contributed by atoms with Gasteiger partial charge >= 0.3 is 7.12 Å². The SMILES string of the molecule is O=C1CC(=O)N(c2ccccc2B(O)O)C1. The maximum absolute atomic E-state index is 11.5. The lowest BCUT2D eigenvalue weighted by molar-refractivity contribution is -0.121. The van der Waals surface area contributed by atoms with Gasteiger partial charge in [-0.05, 0) is 6.07 Å². The minimum Gasteiger partial charge on any atom is -0.423 e. The average Bonchev–Trinajstić information content (AvgIpc) is 2.57. The van der Waals surface area contributed by atoms with Crippen molar-refractivity contribution in [3.05, 3.63) is 24.3 Å². The molecule has 1 aliphatic heterocycles. The van der Waals surface area contributed by atoms with E-state index in [1.807, 2.05) is 0 Å². The van der Waals surface area contributed by atoms with Crippen molar-refractivity contribution in [2.45, 2.75) is 6.42 Å². The highest BCUT2D eigenvalue weighted by Gasteiger charge is 2.31. The predicted octanol–water partition coefficient (Wildman–Crippen LogP) is -1.33. The largest absolute Gasteiger partial charge is 0.490 e. The Kier molecular flexibility index (Phi) is 2.76. The van der Waals surface area contributed by atoms with Gasteiger partial charge in [0.25, 0.3) is 0 Å². The summed E-state index contributed by atoms with van der Waals surface area (Å²) in [5, 5.41) is 18.3. The van der Waals surface area contributed by atoms with Gasteiger partial charge < -0.3 is 14.9 Å². The Hall–Kier alpha value is -1.66. The Morgan fingerprint density at radius 3 is 2.44 bits per heavy atom. The molecular weight excluding hydrogens is 209 g/mol. The number of benzene rings is 1. The van der Waals surface area contributed by atoms with E-state index in [1.165, 1.54) is 11.0 Å². The molecule has 5 nitrogen and oxygen atoms in total. The first-order valence-corrected chi connectivity index (χ1v) is 4.86. The fourth-order valence-corrected chi connectivity index (χ4v) is 1.76. The summed E-state index contributed by atoms with van der Waals surface area (Å²) in [5.74, 6) is -0.467.